The Morgan fingerprint density at radius 2 is 1.76 bits per heavy atom. The molecule has 1 N–H and O–H groups in total. The topological polar surface area (TPSA) is 17.0 Å². The van der Waals surface area contributed by atoms with Gasteiger partial charge in [-0.25, -0.2) is 0 Å². The monoisotopic (exact) mass is 284 g/mol. The molecule has 2 rings (SSSR count). The van der Waals surface area contributed by atoms with Gasteiger partial charge < -0.3 is 9.88 Å². The Balaban J connectivity index is 1.96. The minimum Gasteiger partial charge on any atom is -0.318 e. The molecule has 0 radical (unpaired) electrons. The first-order chi connectivity index (χ1) is 10.2. The Morgan fingerprint density at radius 1 is 1.00 bits per heavy atom. The van der Waals surface area contributed by atoms with Gasteiger partial charge in [-0.05, 0) is 50.6 Å². The standard InChI is InChI=1S/C19H28N2/c1-4-5-6-10-13-20-15-18-14-16(2)21(17(18)3)19-11-8-7-9-12-19/h7-9,11-12,14,20H,4-6,10,13,15H2,1-3H3. The van der Waals surface area contributed by atoms with Gasteiger partial charge in [-0.2, -0.15) is 0 Å². The summed E-state index contributed by atoms with van der Waals surface area (Å²) in [6.07, 6.45) is 5.28. The number of nitrogens with one attached hydrogen (secondary N) is 1. The fourth-order valence-corrected chi connectivity index (χ4v) is 2.88. The van der Waals surface area contributed by atoms with Gasteiger partial charge in [0.05, 0.1) is 0 Å². The highest BCUT2D eigenvalue weighted by Gasteiger charge is 2.09. The molecule has 1 aromatic carbocycles. The van der Waals surface area contributed by atoms with E-state index in [1.165, 1.54) is 48.3 Å². The molecular formula is C19H28N2. The lowest BCUT2D eigenvalue weighted by molar-refractivity contribution is 0.597. The lowest BCUT2D eigenvalue weighted by Crippen LogP contribution is -2.15. The molecule has 0 bridgehead atoms. The first-order valence-corrected chi connectivity index (χ1v) is 8.18. The fraction of sp³-hybridized carbons (Fsp3) is 0.474. The van der Waals surface area contributed by atoms with Gasteiger partial charge in [-0.15, -0.1) is 0 Å². The van der Waals surface area contributed by atoms with Gasteiger partial charge in [0, 0.05) is 23.6 Å². The van der Waals surface area contributed by atoms with E-state index in [0.29, 0.717) is 0 Å². The Morgan fingerprint density at radius 3 is 2.48 bits per heavy atom. The van der Waals surface area contributed by atoms with Crippen molar-refractivity contribution in [3.05, 3.63) is 53.3 Å². The van der Waals surface area contributed by atoms with E-state index < -0.39 is 0 Å². The number of hydrogen-bond donors (Lipinski definition) is 1. The van der Waals surface area contributed by atoms with E-state index >= 15 is 0 Å². The highest BCUT2D eigenvalue weighted by Crippen LogP contribution is 2.20. The van der Waals surface area contributed by atoms with Gasteiger partial charge in [0.2, 0.25) is 0 Å². The van der Waals surface area contributed by atoms with Crippen molar-refractivity contribution in [1.29, 1.82) is 0 Å². The Kier molecular flexibility index (Phi) is 6.06. The third kappa shape index (κ3) is 4.21. The van der Waals surface area contributed by atoms with E-state index in [0.717, 1.165) is 13.1 Å². The summed E-state index contributed by atoms with van der Waals surface area (Å²) in [5.74, 6) is 0. The summed E-state index contributed by atoms with van der Waals surface area (Å²) in [6, 6.07) is 12.9. The smallest absolute Gasteiger partial charge is 0.0455 e. The van der Waals surface area contributed by atoms with Gasteiger partial charge in [-0.3, -0.25) is 0 Å². The number of aromatic nitrogens is 1. The molecule has 2 aromatic rings. The largest absolute Gasteiger partial charge is 0.318 e. The van der Waals surface area contributed by atoms with Gasteiger partial charge in [0.25, 0.3) is 0 Å². The predicted octanol–water partition coefficient (Wildman–Crippen LogP) is 4.76. The van der Waals surface area contributed by atoms with Crippen molar-refractivity contribution in [2.24, 2.45) is 0 Å². The third-order valence-electron chi connectivity index (χ3n) is 4.07. The predicted molar refractivity (Wildman–Crippen MR) is 91.1 cm³/mol. The molecule has 0 spiro atoms. The Labute approximate surface area is 129 Å². The van der Waals surface area contributed by atoms with Crippen LogP contribution in [0.1, 0.15) is 49.6 Å². The molecule has 2 heteroatoms. The molecule has 0 fully saturated rings. The molecule has 1 heterocycles. The molecule has 0 amide bonds. The normalized spacial score (nSPS) is 11.0. The molecule has 0 atom stereocenters. The fourth-order valence-electron chi connectivity index (χ4n) is 2.88. The van der Waals surface area contributed by atoms with E-state index in [1.54, 1.807) is 0 Å². The number of rotatable bonds is 8. The number of hydrogen-bond acceptors (Lipinski definition) is 1. The van der Waals surface area contributed by atoms with Crippen molar-refractivity contribution in [3.8, 4) is 5.69 Å². The van der Waals surface area contributed by atoms with Crippen LogP contribution in [0.25, 0.3) is 5.69 Å². The maximum Gasteiger partial charge on any atom is 0.0455 e. The van der Waals surface area contributed by atoms with E-state index in [9.17, 15) is 0 Å². The van der Waals surface area contributed by atoms with Crippen LogP contribution in [0, 0.1) is 13.8 Å². The van der Waals surface area contributed by atoms with Crippen LogP contribution in [-0.4, -0.2) is 11.1 Å². The molecule has 0 saturated heterocycles. The number of aryl methyl sites for hydroxylation is 1. The summed E-state index contributed by atoms with van der Waals surface area (Å²) >= 11 is 0. The lowest BCUT2D eigenvalue weighted by Gasteiger charge is -2.10. The van der Waals surface area contributed by atoms with Gasteiger partial charge >= 0.3 is 0 Å². The molecular weight excluding hydrogens is 256 g/mol. The Hall–Kier alpha value is -1.54. The molecule has 0 aliphatic heterocycles. The third-order valence-corrected chi connectivity index (χ3v) is 4.07. The van der Waals surface area contributed by atoms with Crippen LogP contribution in [0.5, 0.6) is 0 Å². The quantitative estimate of drug-likeness (QED) is 0.691. The average Bonchev–Trinajstić information content (AvgIpc) is 2.78. The maximum absolute atomic E-state index is 3.58. The van der Waals surface area contributed by atoms with Crippen LogP contribution < -0.4 is 5.32 Å². The molecule has 114 valence electrons. The number of para-hydroxylation sites is 1. The van der Waals surface area contributed by atoms with Crippen molar-refractivity contribution in [2.75, 3.05) is 6.54 Å². The summed E-state index contributed by atoms with van der Waals surface area (Å²) in [6.45, 7) is 8.75. The second kappa shape index (κ2) is 8.04. The first kappa shape index (κ1) is 15.8. The zero-order valence-corrected chi connectivity index (χ0v) is 13.7. The summed E-state index contributed by atoms with van der Waals surface area (Å²) in [5, 5.41) is 3.58. The highest BCUT2D eigenvalue weighted by atomic mass is 15.0. The summed E-state index contributed by atoms with van der Waals surface area (Å²) < 4.78 is 2.34. The van der Waals surface area contributed by atoms with Crippen LogP contribution in [-0.2, 0) is 6.54 Å². The number of unbranched alkanes of at least 4 members (excludes halogenated alkanes) is 3. The van der Waals surface area contributed by atoms with Gasteiger partial charge in [0.15, 0.2) is 0 Å². The van der Waals surface area contributed by atoms with Gasteiger partial charge in [-0.1, -0.05) is 44.4 Å². The second-order valence-electron chi connectivity index (χ2n) is 5.80. The minimum atomic E-state index is 0.971. The summed E-state index contributed by atoms with van der Waals surface area (Å²) in [4.78, 5) is 0. The van der Waals surface area contributed by atoms with E-state index in [2.05, 4.69) is 67.1 Å². The molecule has 21 heavy (non-hydrogen) atoms. The minimum absolute atomic E-state index is 0.971. The summed E-state index contributed by atoms with van der Waals surface area (Å²) in [7, 11) is 0. The molecule has 2 nitrogen and oxygen atoms in total. The first-order valence-electron chi connectivity index (χ1n) is 8.18. The molecule has 0 aliphatic rings. The molecule has 0 aliphatic carbocycles. The van der Waals surface area contributed by atoms with Crippen LogP contribution in [0.15, 0.2) is 36.4 Å². The van der Waals surface area contributed by atoms with E-state index in [4.69, 9.17) is 0 Å². The van der Waals surface area contributed by atoms with Gasteiger partial charge in [0.1, 0.15) is 0 Å². The van der Waals surface area contributed by atoms with Crippen molar-refractivity contribution in [2.45, 2.75) is 53.0 Å². The zero-order valence-electron chi connectivity index (χ0n) is 13.7. The van der Waals surface area contributed by atoms with Crippen LogP contribution in [0.4, 0.5) is 0 Å². The molecule has 0 unspecified atom stereocenters. The van der Waals surface area contributed by atoms with Crippen LogP contribution in [0.3, 0.4) is 0 Å². The SMILES string of the molecule is CCCCCCNCc1cc(C)n(-c2ccccc2)c1C. The molecule has 0 saturated carbocycles. The zero-order chi connectivity index (χ0) is 15.1. The molecule has 1 aromatic heterocycles. The van der Waals surface area contributed by atoms with Crippen molar-refractivity contribution in [3.63, 3.8) is 0 Å². The van der Waals surface area contributed by atoms with Crippen LogP contribution >= 0.6 is 0 Å². The highest BCUT2D eigenvalue weighted by molar-refractivity contribution is 5.40. The average molecular weight is 284 g/mol. The van der Waals surface area contributed by atoms with Crippen molar-refractivity contribution in [1.82, 2.24) is 9.88 Å². The van der Waals surface area contributed by atoms with Crippen LogP contribution in [0.2, 0.25) is 0 Å². The maximum atomic E-state index is 3.58. The Bertz CT molecular complexity index is 540. The van der Waals surface area contributed by atoms with Crippen molar-refractivity contribution >= 4 is 0 Å². The van der Waals surface area contributed by atoms with E-state index in [-0.39, 0.29) is 0 Å². The second-order valence-corrected chi connectivity index (χ2v) is 5.80. The van der Waals surface area contributed by atoms with E-state index in [1.807, 2.05) is 0 Å². The number of nitrogens with zero attached hydrogens (tertiary/aromatic N) is 1. The van der Waals surface area contributed by atoms with Crippen molar-refractivity contribution < 1.29 is 0 Å². The number of benzene rings is 1. The lowest BCUT2D eigenvalue weighted by atomic mass is 10.2. The summed E-state index contributed by atoms with van der Waals surface area (Å²) in [5.41, 5.74) is 5.31.